The van der Waals surface area contributed by atoms with Crippen LogP contribution in [0.25, 0.3) is 0 Å². The predicted octanol–water partition coefficient (Wildman–Crippen LogP) is 3.76. The van der Waals surface area contributed by atoms with Crippen LogP contribution >= 0.6 is 39.1 Å². The van der Waals surface area contributed by atoms with Crippen molar-refractivity contribution in [2.45, 2.75) is 6.54 Å². The van der Waals surface area contributed by atoms with E-state index in [0.29, 0.717) is 17.1 Å². The van der Waals surface area contributed by atoms with Gasteiger partial charge in [0.15, 0.2) is 0 Å². The molecule has 2 aromatic rings. The maximum atomic E-state index is 12.4. The van der Waals surface area contributed by atoms with Gasteiger partial charge in [-0.1, -0.05) is 29.3 Å². The molecule has 0 saturated heterocycles. The van der Waals surface area contributed by atoms with Crippen LogP contribution in [-0.2, 0) is 13.6 Å². The molecular weight excluding hydrogens is 365 g/mol. The highest BCUT2D eigenvalue weighted by Crippen LogP contribution is 2.27. The molecule has 0 unspecified atom stereocenters. The third kappa shape index (κ3) is 3.00. The largest absolute Gasteiger partial charge is 0.336 e. The quantitative estimate of drug-likeness (QED) is 0.817. The normalized spacial score (nSPS) is 10.7. The van der Waals surface area contributed by atoms with E-state index in [9.17, 15) is 4.79 Å². The minimum atomic E-state index is -0.189. The van der Waals surface area contributed by atoms with Crippen molar-refractivity contribution in [1.82, 2.24) is 14.7 Å². The summed E-state index contributed by atoms with van der Waals surface area (Å²) in [5.41, 5.74) is 1.29. The van der Waals surface area contributed by atoms with Gasteiger partial charge in [-0.05, 0) is 28.1 Å². The Labute approximate surface area is 135 Å². The lowest BCUT2D eigenvalue weighted by Crippen LogP contribution is -2.27. The van der Waals surface area contributed by atoms with E-state index >= 15 is 0 Å². The number of benzene rings is 1. The van der Waals surface area contributed by atoms with E-state index in [4.69, 9.17) is 23.2 Å². The Balaban J connectivity index is 2.23. The van der Waals surface area contributed by atoms with Gasteiger partial charge in [0.1, 0.15) is 0 Å². The first-order valence-corrected chi connectivity index (χ1v) is 7.32. The molecule has 1 amide bonds. The van der Waals surface area contributed by atoms with Crippen LogP contribution in [0.15, 0.2) is 28.9 Å². The molecule has 0 bridgehead atoms. The minimum absolute atomic E-state index is 0.189. The molecule has 2 rings (SSSR count). The van der Waals surface area contributed by atoms with Gasteiger partial charge in [0.25, 0.3) is 5.91 Å². The van der Waals surface area contributed by atoms with Crippen molar-refractivity contribution in [3.8, 4) is 0 Å². The molecule has 0 saturated carbocycles. The maximum Gasteiger partial charge on any atom is 0.255 e. The van der Waals surface area contributed by atoms with Crippen molar-refractivity contribution < 1.29 is 4.79 Å². The third-order valence-corrected chi connectivity index (χ3v) is 4.41. The van der Waals surface area contributed by atoms with Gasteiger partial charge in [-0.3, -0.25) is 9.48 Å². The van der Waals surface area contributed by atoms with Crippen LogP contribution < -0.4 is 0 Å². The molecular formula is C13H12BrCl2N3O. The summed E-state index contributed by atoms with van der Waals surface area (Å²) in [6.07, 6.45) is 1.69. The maximum absolute atomic E-state index is 12.4. The van der Waals surface area contributed by atoms with E-state index in [-0.39, 0.29) is 10.9 Å². The smallest absolute Gasteiger partial charge is 0.255 e. The lowest BCUT2D eigenvalue weighted by molar-refractivity contribution is 0.0782. The Hall–Kier alpha value is -1.04. The van der Waals surface area contributed by atoms with E-state index in [1.165, 1.54) is 0 Å². The van der Waals surface area contributed by atoms with Gasteiger partial charge in [-0.15, -0.1) is 0 Å². The number of hydrogen-bond acceptors (Lipinski definition) is 2. The lowest BCUT2D eigenvalue weighted by Gasteiger charge is -2.18. The van der Waals surface area contributed by atoms with Crippen LogP contribution in [0.3, 0.4) is 0 Å². The van der Waals surface area contributed by atoms with Crippen LogP contribution in [0, 0.1) is 0 Å². The molecule has 20 heavy (non-hydrogen) atoms. The molecule has 1 aromatic carbocycles. The van der Waals surface area contributed by atoms with Crippen LogP contribution in [0.1, 0.15) is 16.1 Å². The van der Waals surface area contributed by atoms with E-state index in [1.807, 2.05) is 7.05 Å². The fourth-order valence-corrected chi connectivity index (χ4v) is 2.64. The highest BCUT2D eigenvalue weighted by molar-refractivity contribution is 9.10. The highest BCUT2D eigenvalue weighted by atomic mass is 79.9. The molecule has 106 valence electrons. The SMILES string of the molecule is CN(Cc1c(Br)cnn1C)C(=O)c1cccc(Cl)c1Cl. The van der Waals surface area contributed by atoms with Crippen molar-refractivity contribution in [3.05, 3.63) is 50.2 Å². The number of carbonyl (C=O) groups excluding carboxylic acids is 1. The molecule has 0 fully saturated rings. The van der Waals surface area contributed by atoms with Gasteiger partial charge in [-0.2, -0.15) is 5.10 Å². The Morgan fingerprint density at radius 2 is 2.15 bits per heavy atom. The number of halogens is 3. The van der Waals surface area contributed by atoms with Crippen LogP contribution in [-0.4, -0.2) is 27.6 Å². The topological polar surface area (TPSA) is 38.1 Å². The molecule has 0 N–H and O–H groups in total. The monoisotopic (exact) mass is 375 g/mol. The number of aryl methyl sites for hydroxylation is 1. The number of hydrogen-bond donors (Lipinski definition) is 0. The molecule has 0 aliphatic heterocycles. The number of nitrogens with zero attached hydrogens (tertiary/aromatic N) is 3. The summed E-state index contributed by atoms with van der Waals surface area (Å²) in [4.78, 5) is 14.0. The molecule has 0 atom stereocenters. The standard InChI is InChI=1S/C13H12BrCl2N3O/c1-18(7-11-9(14)6-17-19(11)2)13(20)8-4-3-5-10(15)12(8)16/h3-6H,7H2,1-2H3. The summed E-state index contributed by atoms with van der Waals surface area (Å²) in [5, 5.41) is 4.76. The van der Waals surface area contributed by atoms with E-state index in [1.54, 1.807) is 41.0 Å². The summed E-state index contributed by atoms with van der Waals surface area (Å²) >= 11 is 15.4. The Kier molecular flexibility index (Phi) is 4.73. The first-order valence-electron chi connectivity index (χ1n) is 5.77. The molecule has 0 radical (unpaired) electrons. The Bertz CT molecular complexity index is 638. The summed E-state index contributed by atoms with van der Waals surface area (Å²) in [6, 6.07) is 5.01. The molecule has 1 heterocycles. The van der Waals surface area contributed by atoms with Gasteiger partial charge in [-0.25, -0.2) is 0 Å². The van der Waals surface area contributed by atoms with Gasteiger partial charge in [0.05, 0.1) is 38.5 Å². The summed E-state index contributed by atoms with van der Waals surface area (Å²) in [6.45, 7) is 0.415. The first-order chi connectivity index (χ1) is 9.41. The van der Waals surface area contributed by atoms with Gasteiger partial charge < -0.3 is 4.90 Å². The van der Waals surface area contributed by atoms with Crippen molar-refractivity contribution in [1.29, 1.82) is 0 Å². The van der Waals surface area contributed by atoms with Gasteiger partial charge >= 0.3 is 0 Å². The lowest BCUT2D eigenvalue weighted by atomic mass is 10.2. The zero-order valence-electron chi connectivity index (χ0n) is 10.9. The van der Waals surface area contributed by atoms with Crippen molar-refractivity contribution >= 4 is 45.0 Å². The predicted molar refractivity (Wildman–Crippen MR) is 83.2 cm³/mol. The molecule has 4 nitrogen and oxygen atoms in total. The Morgan fingerprint density at radius 3 is 2.75 bits per heavy atom. The fraction of sp³-hybridized carbons (Fsp3) is 0.231. The van der Waals surface area contributed by atoms with E-state index in [0.717, 1.165) is 10.2 Å². The number of carbonyl (C=O) groups is 1. The summed E-state index contributed by atoms with van der Waals surface area (Å²) in [5.74, 6) is -0.189. The molecule has 1 aromatic heterocycles. The van der Waals surface area contributed by atoms with Crippen molar-refractivity contribution in [2.75, 3.05) is 7.05 Å². The third-order valence-electron chi connectivity index (χ3n) is 2.93. The number of aromatic nitrogens is 2. The Morgan fingerprint density at radius 1 is 1.45 bits per heavy atom. The zero-order chi connectivity index (χ0) is 14.9. The second-order valence-electron chi connectivity index (χ2n) is 4.33. The van der Waals surface area contributed by atoms with Gasteiger partial charge in [0.2, 0.25) is 0 Å². The second-order valence-corrected chi connectivity index (χ2v) is 5.96. The average molecular weight is 377 g/mol. The van der Waals surface area contributed by atoms with Crippen LogP contribution in [0.5, 0.6) is 0 Å². The molecule has 0 aliphatic rings. The van der Waals surface area contributed by atoms with Crippen LogP contribution in [0.4, 0.5) is 0 Å². The zero-order valence-corrected chi connectivity index (χ0v) is 14.0. The van der Waals surface area contributed by atoms with Crippen LogP contribution in [0.2, 0.25) is 10.0 Å². The number of rotatable bonds is 3. The van der Waals surface area contributed by atoms with Crippen molar-refractivity contribution in [3.63, 3.8) is 0 Å². The molecule has 0 spiro atoms. The number of amides is 1. The summed E-state index contributed by atoms with van der Waals surface area (Å²) < 4.78 is 2.57. The first kappa shape index (κ1) is 15.4. The minimum Gasteiger partial charge on any atom is -0.336 e. The van der Waals surface area contributed by atoms with E-state index in [2.05, 4.69) is 21.0 Å². The average Bonchev–Trinajstić information content (AvgIpc) is 2.73. The fourth-order valence-electron chi connectivity index (χ4n) is 1.78. The summed E-state index contributed by atoms with van der Waals surface area (Å²) in [7, 11) is 3.53. The van der Waals surface area contributed by atoms with Gasteiger partial charge in [0, 0.05) is 14.1 Å². The molecule has 7 heteroatoms. The van der Waals surface area contributed by atoms with Crippen molar-refractivity contribution in [2.24, 2.45) is 7.05 Å². The highest BCUT2D eigenvalue weighted by Gasteiger charge is 2.19. The van der Waals surface area contributed by atoms with E-state index < -0.39 is 0 Å². The second kappa shape index (κ2) is 6.16. The molecule has 0 aliphatic carbocycles.